The molecule has 6 nitrogen and oxygen atoms in total. The molecule has 164 valence electrons. The van der Waals surface area contributed by atoms with Crippen molar-refractivity contribution in [2.75, 3.05) is 6.54 Å². The second-order valence-corrected chi connectivity index (χ2v) is 7.83. The van der Waals surface area contributed by atoms with Gasteiger partial charge in [0.25, 0.3) is 0 Å². The van der Waals surface area contributed by atoms with Crippen molar-refractivity contribution in [3.05, 3.63) is 94.5 Å². The van der Waals surface area contributed by atoms with Gasteiger partial charge in [-0.25, -0.2) is 4.39 Å². The van der Waals surface area contributed by atoms with Gasteiger partial charge in [0.05, 0.1) is 19.2 Å². The van der Waals surface area contributed by atoms with Crippen LogP contribution < -0.4 is 0 Å². The van der Waals surface area contributed by atoms with Crippen LogP contribution in [0.2, 0.25) is 5.02 Å². The molecule has 0 fully saturated rings. The predicted octanol–water partition coefficient (Wildman–Crippen LogP) is 5.24. The number of hydrogen-bond acceptors (Lipinski definition) is 5. The van der Waals surface area contributed by atoms with Crippen molar-refractivity contribution in [1.29, 1.82) is 0 Å². The van der Waals surface area contributed by atoms with Gasteiger partial charge in [-0.05, 0) is 48.4 Å². The Kier molecular flexibility index (Phi) is 6.66. The van der Waals surface area contributed by atoms with E-state index in [1.807, 2.05) is 25.1 Å². The summed E-state index contributed by atoms with van der Waals surface area (Å²) in [5.41, 5.74) is 2.46. The quantitative estimate of drug-likeness (QED) is 0.364. The van der Waals surface area contributed by atoms with Crippen LogP contribution in [0.5, 0.6) is 0 Å². The number of furan rings is 1. The van der Waals surface area contributed by atoms with Gasteiger partial charge in [0.2, 0.25) is 17.6 Å². The van der Waals surface area contributed by atoms with E-state index >= 15 is 0 Å². The third kappa shape index (κ3) is 5.42. The van der Waals surface area contributed by atoms with E-state index in [0.717, 1.165) is 16.7 Å². The highest BCUT2D eigenvalue weighted by molar-refractivity contribution is 6.31. The number of aryl methyl sites for hydroxylation is 1. The zero-order valence-corrected chi connectivity index (χ0v) is 18.2. The minimum Gasteiger partial charge on any atom is -0.467 e. The SMILES string of the molecule is Cc1ccc(-c2noc(CCN(Cc3ccco3)C(=O)Cc3ccc(F)cc3)n2)cc1Cl. The van der Waals surface area contributed by atoms with Gasteiger partial charge in [0, 0.05) is 23.6 Å². The summed E-state index contributed by atoms with van der Waals surface area (Å²) < 4.78 is 24.0. The number of carbonyl (C=O) groups is 1. The summed E-state index contributed by atoms with van der Waals surface area (Å²) in [6.45, 7) is 2.59. The number of hydrogen-bond donors (Lipinski definition) is 0. The van der Waals surface area contributed by atoms with E-state index in [0.29, 0.717) is 42.0 Å². The molecule has 4 aromatic rings. The Bertz CT molecular complexity index is 1190. The zero-order chi connectivity index (χ0) is 22.5. The monoisotopic (exact) mass is 453 g/mol. The molecular weight excluding hydrogens is 433 g/mol. The van der Waals surface area contributed by atoms with E-state index in [2.05, 4.69) is 10.1 Å². The molecule has 2 aromatic heterocycles. The molecule has 32 heavy (non-hydrogen) atoms. The minimum absolute atomic E-state index is 0.113. The Morgan fingerprint density at radius 1 is 1.16 bits per heavy atom. The van der Waals surface area contributed by atoms with Crippen LogP contribution in [-0.2, 0) is 24.2 Å². The van der Waals surface area contributed by atoms with Crippen LogP contribution >= 0.6 is 11.6 Å². The number of benzene rings is 2. The van der Waals surface area contributed by atoms with Crippen molar-refractivity contribution in [2.24, 2.45) is 0 Å². The van der Waals surface area contributed by atoms with Gasteiger partial charge in [-0.2, -0.15) is 4.98 Å². The van der Waals surface area contributed by atoms with E-state index in [1.165, 1.54) is 12.1 Å². The molecule has 0 aliphatic rings. The van der Waals surface area contributed by atoms with Crippen molar-refractivity contribution >= 4 is 17.5 Å². The van der Waals surface area contributed by atoms with Crippen LogP contribution in [0.3, 0.4) is 0 Å². The third-order valence-electron chi connectivity index (χ3n) is 5.04. The molecule has 0 radical (unpaired) electrons. The van der Waals surface area contributed by atoms with Crippen molar-refractivity contribution < 1.29 is 18.1 Å². The van der Waals surface area contributed by atoms with E-state index in [4.69, 9.17) is 20.5 Å². The fourth-order valence-corrected chi connectivity index (χ4v) is 3.39. The fraction of sp³-hybridized carbons (Fsp3) is 0.208. The highest BCUT2D eigenvalue weighted by Crippen LogP contribution is 2.23. The van der Waals surface area contributed by atoms with Crippen LogP contribution in [-0.4, -0.2) is 27.5 Å². The van der Waals surface area contributed by atoms with Gasteiger partial charge in [-0.3, -0.25) is 4.79 Å². The summed E-state index contributed by atoms with van der Waals surface area (Å²) in [7, 11) is 0. The third-order valence-corrected chi connectivity index (χ3v) is 5.45. The van der Waals surface area contributed by atoms with Crippen LogP contribution in [0.25, 0.3) is 11.4 Å². The molecule has 0 bridgehead atoms. The first-order valence-corrected chi connectivity index (χ1v) is 10.5. The minimum atomic E-state index is -0.337. The number of rotatable bonds is 8. The van der Waals surface area contributed by atoms with Gasteiger partial charge >= 0.3 is 0 Å². The molecule has 8 heteroatoms. The average molecular weight is 454 g/mol. The summed E-state index contributed by atoms with van der Waals surface area (Å²) in [6, 6.07) is 15.1. The second kappa shape index (κ2) is 9.78. The summed E-state index contributed by atoms with van der Waals surface area (Å²) in [5, 5.41) is 4.66. The van der Waals surface area contributed by atoms with Gasteiger partial charge in [0.1, 0.15) is 11.6 Å². The molecule has 0 saturated heterocycles. The Hall–Kier alpha value is -3.45. The number of carbonyl (C=O) groups excluding carboxylic acids is 1. The predicted molar refractivity (Wildman–Crippen MR) is 117 cm³/mol. The maximum atomic E-state index is 13.2. The summed E-state index contributed by atoms with van der Waals surface area (Å²) >= 11 is 6.19. The lowest BCUT2D eigenvalue weighted by atomic mass is 10.1. The topological polar surface area (TPSA) is 72.4 Å². The molecule has 2 heterocycles. The maximum absolute atomic E-state index is 13.2. The Labute approximate surface area is 189 Å². The number of amides is 1. The number of nitrogens with zero attached hydrogens (tertiary/aromatic N) is 3. The standard InChI is InChI=1S/C24H21ClFN3O3/c1-16-4-7-18(14-21(16)25)24-27-22(32-28-24)10-11-29(15-20-3-2-12-31-20)23(30)13-17-5-8-19(26)9-6-17/h2-9,12,14H,10-11,13,15H2,1H3. The molecule has 0 spiro atoms. The maximum Gasteiger partial charge on any atom is 0.228 e. The highest BCUT2D eigenvalue weighted by atomic mass is 35.5. The molecule has 0 saturated carbocycles. The lowest BCUT2D eigenvalue weighted by Gasteiger charge is -2.21. The summed E-state index contributed by atoms with van der Waals surface area (Å²) in [6.07, 6.45) is 2.09. The second-order valence-electron chi connectivity index (χ2n) is 7.42. The molecular formula is C24H21ClFN3O3. The van der Waals surface area contributed by atoms with Crippen LogP contribution in [0, 0.1) is 12.7 Å². The lowest BCUT2D eigenvalue weighted by molar-refractivity contribution is -0.131. The van der Waals surface area contributed by atoms with Crippen molar-refractivity contribution in [3.8, 4) is 11.4 Å². The molecule has 1 amide bonds. The summed E-state index contributed by atoms with van der Waals surface area (Å²) in [4.78, 5) is 19.0. The Morgan fingerprint density at radius 2 is 1.97 bits per heavy atom. The molecule has 0 unspecified atom stereocenters. The fourth-order valence-electron chi connectivity index (χ4n) is 3.21. The molecule has 0 atom stereocenters. The Balaban J connectivity index is 1.45. The first kappa shape index (κ1) is 21.8. The molecule has 0 N–H and O–H groups in total. The lowest BCUT2D eigenvalue weighted by Crippen LogP contribution is -2.33. The van der Waals surface area contributed by atoms with E-state index in [-0.39, 0.29) is 18.1 Å². The molecule has 0 aliphatic carbocycles. The Morgan fingerprint density at radius 3 is 2.69 bits per heavy atom. The largest absolute Gasteiger partial charge is 0.467 e. The number of aromatic nitrogens is 2. The average Bonchev–Trinajstić information content (AvgIpc) is 3.47. The van der Waals surface area contributed by atoms with E-state index in [1.54, 1.807) is 35.4 Å². The van der Waals surface area contributed by atoms with Crippen LogP contribution in [0.1, 0.15) is 22.8 Å². The summed E-state index contributed by atoms with van der Waals surface area (Å²) in [5.74, 6) is 1.07. The first-order valence-electron chi connectivity index (χ1n) is 10.1. The molecule has 4 rings (SSSR count). The normalized spacial score (nSPS) is 11.0. The number of halogens is 2. The van der Waals surface area contributed by atoms with E-state index < -0.39 is 0 Å². The molecule has 2 aromatic carbocycles. The van der Waals surface area contributed by atoms with Crippen LogP contribution in [0.15, 0.2) is 69.8 Å². The van der Waals surface area contributed by atoms with Crippen LogP contribution in [0.4, 0.5) is 4.39 Å². The van der Waals surface area contributed by atoms with Gasteiger partial charge in [-0.1, -0.05) is 41.0 Å². The zero-order valence-electron chi connectivity index (χ0n) is 17.4. The van der Waals surface area contributed by atoms with Gasteiger partial charge < -0.3 is 13.8 Å². The van der Waals surface area contributed by atoms with Crippen molar-refractivity contribution in [3.63, 3.8) is 0 Å². The smallest absolute Gasteiger partial charge is 0.228 e. The van der Waals surface area contributed by atoms with Gasteiger partial charge in [-0.15, -0.1) is 0 Å². The van der Waals surface area contributed by atoms with Crippen molar-refractivity contribution in [1.82, 2.24) is 15.0 Å². The highest BCUT2D eigenvalue weighted by Gasteiger charge is 2.18. The van der Waals surface area contributed by atoms with E-state index in [9.17, 15) is 9.18 Å². The first-order chi connectivity index (χ1) is 15.5. The van der Waals surface area contributed by atoms with Gasteiger partial charge in [0.15, 0.2) is 0 Å². The molecule has 0 aliphatic heterocycles. The van der Waals surface area contributed by atoms with Crippen molar-refractivity contribution in [2.45, 2.75) is 26.3 Å².